The summed E-state index contributed by atoms with van der Waals surface area (Å²) in [5, 5.41) is 2.68. The number of ether oxygens (including phenoxy) is 3. The fourth-order valence-corrected chi connectivity index (χ4v) is 5.67. The molecule has 0 saturated heterocycles. The van der Waals surface area contributed by atoms with Crippen molar-refractivity contribution in [1.82, 2.24) is 0 Å². The Labute approximate surface area is 216 Å². The fourth-order valence-electron chi connectivity index (χ4n) is 4.46. The maximum absolute atomic E-state index is 13.2. The third-order valence-electron chi connectivity index (χ3n) is 5.93. The van der Waals surface area contributed by atoms with E-state index in [1.165, 1.54) is 0 Å². The van der Waals surface area contributed by atoms with Gasteiger partial charge >= 0.3 is 5.97 Å². The number of carbonyl (C=O) groups excluding carboxylic acids is 2. The molecule has 1 N–H and O–H groups in total. The molecule has 2 aromatic carbocycles. The number of carbonyl (C=O) groups is 2. The lowest BCUT2D eigenvalue weighted by Gasteiger charge is -2.27. The molecule has 6 nitrogen and oxygen atoms in total. The van der Waals surface area contributed by atoms with Crippen LogP contribution >= 0.6 is 11.3 Å². The van der Waals surface area contributed by atoms with Gasteiger partial charge in [0, 0.05) is 26.6 Å². The maximum atomic E-state index is 13.2. The summed E-state index contributed by atoms with van der Waals surface area (Å²) >= 11 is 1.63. The van der Waals surface area contributed by atoms with Crippen LogP contribution in [0, 0.1) is 6.92 Å². The van der Waals surface area contributed by atoms with Gasteiger partial charge in [0.05, 0.1) is 18.8 Å². The molecule has 0 aliphatic carbocycles. The Kier molecular flexibility index (Phi) is 7.81. The van der Waals surface area contributed by atoms with Crippen LogP contribution in [0.25, 0.3) is 21.6 Å². The molecule has 3 aromatic rings. The highest BCUT2D eigenvalue weighted by Gasteiger charge is 2.35. The van der Waals surface area contributed by atoms with Crippen LogP contribution < -0.4 is 10.1 Å². The average molecular weight is 508 g/mol. The predicted octanol–water partition coefficient (Wildman–Crippen LogP) is 6.70. The molecule has 0 bridgehead atoms. The molecule has 1 atom stereocenters. The lowest BCUT2D eigenvalue weighted by Crippen LogP contribution is -2.29. The Bertz CT molecular complexity index is 1240. The Morgan fingerprint density at radius 2 is 1.89 bits per heavy atom. The quantitative estimate of drug-likeness (QED) is 0.271. The summed E-state index contributed by atoms with van der Waals surface area (Å²) in [6.45, 7) is 10.7. The fraction of sp³-hybridized carbons (Fsp3) is 0.379. The largest absolute Gasteiger partial charge is 0.493 e. The summed E-state index contributed by atoms with van der Waals surface area (Å²) in [6, 6.07) is 14.0. The van der Waals surface area contributed by atoms with Crippen LogP contribution in [0.5, 0.6) is 5.75 Å². The molecule has 1 aliphatic heterocycles. The second-order valence-corrected chi connectivity index (χ2v) is 11.0. The summed E-state index contributed by atoms with van der Waals surface area (Å²) in [6.07, 6.45) is 1.72. The summed E-state index contributed by atoms with van der Waals surface area (Å²) in [5.41, 5.74) is 5.11. The summed E-state index contributed by atoms with van der Waals surface area (Å²) in [4.78, 5) is 26.1. The predicted molar refractivity (Wildman–Crippen MR) is 144 cm³/mol. The number of nitrogens with one attached hydrogen (secondary N) is 1. The molecule has 0 spiro atoms. The number of amides is 1. The lowest BCUT2D eigenvalue weighted by molar-refractivity contribution is -0.166. The highest BCUT2D eigenvalue weighted by molar-refractivity contribution is 7.16. The van der Waals surface area contributed by atoms with E-state index < -0.39 is 17.7 Å². The van der Waals surface area contributed by atoms with Gasteiger partial charge in [-0.25, -0.2) is 4.79 Å². The second kappa shape index (κ2) is 10.8. The first-order chi connectivity index (χ1) is 17.2. The van der Waals surface area contributed by atoms with Gasteiger partial charge < -0.3 is 19.5 Å². The van der Waals surface area contributed by atoms with E-state index in [1.54, 1.807) is 18.3 Å². The van der Waals surface area contributed by atoms with Crippen LogP contribution in [0.4, 0.5) is 5.69 Å². The molecule has 2 heterocycles. The Morgan fingerprint density at radius 3 is 2.56 bits per heavy atom. The van der Waals surface area contributed by atoms with Crippen molar-refractivity contribution >= 4 is 29.4 Å². The number of aryl methyl sites for hydroxylation is 2. The molecule has 0 fully saturated rings. The zero-order valence-electron chi connectivity index (χ0n) is 21.5. The molecular weight excluding hydrogens is 474 g/mol. The van der Waals surface area contributed by atoms with Crippen molar-refractivity contribution in [3.8, 4) is 27.3 Å². The number of esters is 1. The van der Waals surface area contributed by atoms with Gasteiger partial charge in [-0.2, -0.15) is 0 Å². The van der Waals surface area contributed by atoms with Crippen molar-refractivity contribution in [2.75, 3.05) is 18.5 Å². The SMILES string of the molecule is CCOC(=O)C(OC(C)(C)C)c1c(C)sc(-c2ccc(NC=O)cc2)c1-c1ccc2c(c1)CCCO2. The van der Waals surface area contributed by atoms with Crippen LogP contribution in [-0.2, 0) is 25.5 Å². The van der Waals surface area contributed by atoms with Crippen molar-refractivity contribution < 1.29 is 23.8 Å². The highest BCUT2D eigenvalue weighted by atomic mass is 32.1. The van der Waals surface area contributed by atoms with Gasteiger partial charge in [-0.15, -0.1) is 11.3 Å². The van der Waals surface area contributed by atoms with Crippen LogP contribution in [-0.4, -0.2) is 31.2 Å². The minimum absolute atomic E-state index is 0.273. The molecular formula is C29H33NO5S. The Balaban J connectivity index is 1.93. The summed E-state index contributed by atoms with van der Waals surface area (Å²) in [5.74, 6) is 0.519. The van der Waals surface area contributed by atoms with Gasteiger partial charge in [0.25, 0.3) is 0 Å². The summed E-state index contributed by atoms with van der Waals surface area (Å²) in [7, 11) is 0. The molecule has 1 amide bonds. The van der Waals surface area contributed by atoms with Crippen molar-refractivity contribution in [2.24, 2.45) is 0 Å². The number of benzene rings is 2. The van der Waals surface area contributed by atoms with Gasteiger partial charge in [-0.05, 0) is 88.4 Å². The van der Waals surface area contributed by atoms with Gasteiger partial charge in [0.15, 0.2) is 6.10 Å². The Hall–Kier alpha value is -3.16. The first-order valence-corrected chi connectivity index (χ1v) is 13.1. The van der Waals surface area contributed by atoms with Crippen LogP contribution in [0.1, 0.15) is 56.2 Å². The van der Waals surface area contributed by atoms with E-state index in [9.17, 15) is 9.59 Å². The molecule has 1 unspecified atom stereocenters. The van der Waals surface area contributed by atoms with E-state index in [2.05, 4.69) is 17.4 Å². The standard InChI is InChI=1S/C29H33NO5S/c1-6-33-28(32)26(35-29(3,4)5)24-18(2)36-27(19-9-12-22(13-10-19)30-17-31)25(24)21-11-14-23-20(16-21)8-7-15-34-23/h9-14,16-17,26H,6-8,15H2,1-5H3,(H,30,31). The van der Waals surface area contributed by atoms with Crippen LogP contribution in [0.2, 0.25) is 0 Å². The van der Waals surface area contributed by atoms with Gasteiger partial charge in [-0.3, -0.25) is 4.79 Å². The number of hydrogen-bond donors (Lipinski definition) is 1. The number of anilines is 1. The third-order valence-corrected chi connectivity index (χ3v) is 7.11. The van der Waals surface area contributed by atoms with E-state index in [0.29, 0.717) is 6.41 Å². The zero-order valence-corrected chi connectivity index (χ0v) is 22.3. The smallest absolute Gasteiger partial charge is 0.340 e. The van der Waals surface area contributed by atoms with Gasteiger partial charge in [0.2, 0.25) is 6.41 Å². The van der Waals surface area contributed by atoms with Gasteiger partial charge in [-0.1, -0.05) is 18.2 Å². The van der Waals surface area contributed by atoms with Crippen LogP contribution in [0.15, 0.2) is 42.5 Å². The maximum Gasteiger partial charge on any atom is 0.340 e. The summed E-state index contributed by atoms with van der Waals surface area (Å²) < 4.78 is 17.7. The van der Waals surface area contributed by atoms with E-state index in [-0.39, 0.29) is 6.61 Å². The first-order valence-electron chi connectivity index (χ1n) is 12.3. The number of hydrogen-bond acceptors (Lipinski definition) is 6. The second-order valence-electron chi connectivity index (χ2n) is 9.75. The van der Waals surface area contributed by atoms with Crippen molar-refractivity contribution in [3.63, 3.8) is 0 Å². The molecule has 1 aliphatic rings. The minimum Gasteiger partial charge on any atom is -0.493 e. The highest BCUT2D eigenvalue weighted by Crippen LogP contribution is 2.48. The number of fused-ring (bicyclic) bond motifs is 1. The van der Waals surface area contributed by atoms with E-state index in [1.807, 2.05) is 58.0 Å². The van der Waals surface area contributed by atoms with E-state index >= 15 is 0 Å². The van der Waals surface area contributed by atoms with Crippen LogP contribution in [0.3, 0.4) is 0 Å². The van der Waals surface area contributed by atoms with E-state index in [4.69, 9.17) is 14.2 Å². The molecule has 0 saturated carbocycles. The molecule has 0 radical (unpaired) electrons. The first kappa shape index (κ1) is 25.9. The Morgan fingerprint density at radius 1 is 1.17 bits per heavy atom. The zero-order chi connectivity index (χ0) is 25.9. The minimum atomic E-state index is -0.867. The van der Waals surface area contributed by atoms with E-state index in [0.717, 1.165) is 68.5 Å². The third kappa shape index (κ3) is 5.63. The van der Waals surface area contributed by atoms with Crippen molar-refractivity contribution in [2.45, 2.75) is 59.2 Å². The topological polar surface area (TPSA) is 73.9 Å². The lowest BCUT2D eigenvalue weighted by atomic mass is 9.91. The molecule has 7 heteroatoms. The average Bonchev–Trinajstić information content (AvgIpc) is 3.19. The monoisotopic (exact) mass is 507 g/mol. The molecule has 4 rings (SSSR count). The van der Waals surface area contributed by atoms with Crippen molar-refractivity contribution in [1.29, 1.82) is 0 Å². The number of rotatable bonds is 8. The molecule has 1 aromatic heterocycles. The van der Waals surface area contributed by atoms with Crippen molar-refractivity contribution in [3.05, 3.63) is 58.5 Å². The molecule has 190 valence electrons. The number of thiophene rings is 1. The van der Waals surface area contributed by atoms with Gasteiger partial charge in [0.1, 0.15) is 5.75 Å². The normalized spacial score (nSPS) is 13.9. The molecule has 36 heavy (non-hydrogen) atoms.